The number of methoxy groups -OCH3 is 1. The summed E-state index contributed by atoms with van der Waals surface area (Å²) in [6.07, 6.45) is 2.88. The Bertz CT molecular complexity index is 375. The lowest BCUT2D eigenvalue weighted by molar-refractivity contribution is -0.396. The maximum Gasteiger partial charge on any atom is 0.435 e. The lowest BCUT2D eigenvalue weighted by Crippen LogP contribution is -2.01. The van der Waals surface area contributed by atoms with Crippen molar-refractivity contribution in [3.05, 3.63) is 22.5 Å². The molecule has 1 rings (SSSR count). The standard InChI is InChI=1S/C8H9N3O3/c1-14-7-3-2-5-10-6-4-9-8(10)11(12)13/h4,6H,5,7H2,1H3. The van der Waals surface area contributed by atoms with Crippen LogP contribution in [0.3, 0.4) is 0 Å². The normalized spacial score (nSPS) is 9.21. The summed E-state index contributed by atoms with van der Waals surface area (Å²) in [5.74, 6) is 5.23. The molecule has 0 aromatic carbocycles. The summed E-state index contributed by atoms with van der Waals surface area (Å²) in [6.45, 7) is 0.572. The van der Waals surface area contributed by atoms with Gasteiger partial charge in [0, 0.05) is 7.11 Å². The van der Waals surface area contributed by atoms with E-state index in [4.69, 9.17) is 4.74 Å². The topological polar surface area (TPSA) is 70.2 Å². The van der Waals surface area contributed by atoms with E-state index in [1.807, 2.05) is 0 Å². The van der Waals surface area contributed by atoms with Crippen LogP contribution in [0.25, 0.3) is 0 Å². The fourth-order valence-corrected chi connectivity index (χ4v) is 0.861. The van der Waals surface area contributed by atoms with E-state index in [2.05, 4.69) is 16.8 Å². The van der Waals surface area contributed by atoms with E-state index in [1.54, 1.807) is 0 Å². The van der Waals surface area contributed by atoms with Gasteiger partial charge in [-0.15, -0.1) is 0 Å². The number of imidazole rings is 1. The SMILES string of the molecule is COCC#CCn1ccnc1[N+](=O)[O-]. The van der Waals surface area contributed by atoms with Crippen molar-refractivity contribution in [1.29, 1.82) is 0 Å². The van der Waals surface area contributed by atoms with Gasteiger partial charge in [0.2, 0.25) is 0 Å². The molecule has 6 nitrogen and oxygen atoms in total. The summed E-state index contributed by atoms with van der Waals surface area (Å²) in [6, 6.07) is 0. The molecule has 1 aromatic heterocycles. The Hall–Kier alpha value is -1.87. The van der Waals surface area contributed by atoms with Crippen LogP contribution >= 0.6 is 0 Å². The van der Waals surface area contributed by atoms with E-state index in [-0.39, 0.29) is 12.5 Å². The van der Waals surface area contributed by atoms with Gasteiger partial charge in [-0.1, -0.05) is 16.8 Å². The molecule has 0 N–H and O–H groups in total. The molecule has 0 unspecified atom stereocenters. The van der Waals surface area contributed by atoms with E-state index < -0.39 is 4.92 Å². The van der Waals surface area contributed by atoms with Crippen LogP contribution in [0.15, 0.2) is 12.4 Å². The van der Waals surface area contributed by atoms with Crippen molar-refractivity contribution in [2.24, 2.45) is 0 Å². The predicted octanol–water partition coefficient (Wildman–Crippen LogP) is 0.441. The Morgan fingerprint density at radius 1 is 1.71 bits per heavy atom. The monoisotopic (exact) mass is 195 g/mol. The fraction of sp³-hybridized carbons (Fsp3) is 0.375. The molecule has 0 fully saturated rings. The molecule has 0 aliphatic heterocycles. The van der Waals surface area contributed by atoms with Gasteiger partial charge < -0.3 is 14.9 Å². The van der Waals surface area contributed by atoms with E-state index in [0.29, 0.717) is 6.61 Å². The summed E-state index contributed by atoms with van der Waals surface area (Å²) in [5.41, 5.74) is 0. The largest absolute Gasteiger partial charge is 0.435 e. The zero-order chi connectivity index (χ0) is 10.4. The zero-order valence-corrected chi connectivity index (χ0v) is 7.64. The summed E-state index contributed by atoms with van der Waals surface area (Å²) in [4.78, 5) is 13.5. The van der Waals surface area contributed by atoms with Gasteiger partial charge in [0.05, 0.1) is 0 Å². The van der Waals surface area contributed by atoms with E-state index >= 15 is 0 Å². The lowest BCUT2D eigenvalue weighted by atomic mass is 10.5. The summed E-state index contributed by atoms with van der Waals surface area (Å²) in [7, 11) is 1.54. The second kappa shape index (κ2) is 4.99. The third kappa shape index (κ3) is 2.57. The fourth-order valence-electron chi connectivity index (χ4n) is 0.861. The number of hydrogen-bond donors (Lipinski definition) is 0. The molecular formula is C8H9N3O3. The molecule has 0 saturated heterocycles. The van der Waals surface area contributed by atoms with Crippen LogP contribution in [0.1, 0.15) is 0 Å². The summed E-state index contributed by atoms with van der Waals surface area (Å²) >= 11 is 0. The van der Waals surface area contributed by atoms with Crippen molar-refractivity contribution < 1.29 is 9.66 Å². The van der Waals surface area contributed by atoms with Crippen molar-refractivity contribution in [3.63, 3.8) is 0 Å². The Morgan fingerprint density at radius 2 is 2.50 bits per heavy atom. The third-order valence-electron chi connectivity index (χ3n) is 1.45. The molecule has 14 heavy (non-hydrogen) atoms. The Morgan fingerprint density at radius 3 is 3.14 bits per heavy atom. The number of aromatic nitrogens is 2. The van der Waals surface area contributed by atoms with E-state index in [0.717, 1.165) is 0 Å². The van der Waals surface area contributed by atoms with Crippen molar-refractivity contribution in [3.8, 4) is 11.8 Å². The maximum absolute atomic E-state index is 10.4. The van der Waals surface area contributed by atoms with Gasteiger partial charge in [0.15, 0.2) is 0 Å². The lowest BCUT2D eigenvalue weighted by Gasteiger charge is -1.94. The number of nitro groups is 1. The second-order valence-electron chi connectivity index (χ2n) is 2.40. The van der Waals surface area contributed by atoms with Crippen LogP contribution in [0.5, 0.6) is 0 Å². The van der Waals surface area contributed by atoms with Crippen molar-refractivity contribution in [2.45, 2.75) is 6.54 Å². The Labute approximate surface area is 80.7 Å². The molecule has 0 atom stereocenters. The third-order valence-corrected chi connectivity index (χ3v) is 1.45. The smallest absolute Gasteiger partial charge is 0.390 e. The molecule has 0 aliphatic carbocycles. The molecule has 0 bridgehead atoms. The molecule has 0 saturated carbocycles. The first kappa shape index (κ1) is 10.2. The van der Waals surface area contributed by atoms with Gasteiger partial charge in [-0.2, -0.15) is 0 Å². The first-order chi connectivity index (χ1) is 6.75. The highest BCUT2D eigenvalue weighted by Gasteiger charge is 2.11. The molecule has 0 radical (unpaired) electrons. The van der Waals surface area contributed by atoms with Crippen LogP contribution in [-0.2, 0) is 11.3 Å². The maximum atomic E-state index is 10.4. The first-order valence-electron chi connectivity index (χ1n) is 3.86. The average molecular weight is 195 g/mol. The molecule has 74 valence electrons. The van der Waals surface area contributed by atoms with Gasteiger partial charge in [0.25, 0.3) is 0 Å². The van der Waals surface area contributed by atoms with Gasteiger partial charge in [0.1, 0.15) is 25.5 Å². The van der Waals surface area contributed by atoms with Crippen molar-refractivity contribution >= 4 is 5.95 Å². The first-order valence-corrected chi connectivity index (χ1v) is 3.86. The van der Waals surface area contributed by atoms with Crippen LogP contribution in [0, 0.1) is 22.0 Å². The van der Waals surface area contributed by atoms with Gasteiger partial charge in [-0.25, -0.2) is 4.57 Å². The van der Waals surface area contributed by atoms with Crippen molar-refractivity contribution in [1.82, 2.24) is 9.55 Å². The van der Waals surface area contributed by atoms with Crippen LogP contribution in [0.4, 0.5) is 5.95 Å². The minimum Gasteiger partial charge on any atom is -0.390 e. The highest BCUT2D eigenvalue weighted by atomic mass is 16.6. The van der Waals surface area contributed by atoms with Crippen LogP contribution in [-0.4, -0.2) is 28.2 Å². The molecule has 1 aromatic rings. The number of ether oxygens (including phenoxy) is 1. The molecule has 0 aliphatic rings. The highest BCUT2D eigenvalue weighted by molar-refractivity contribution is 5.10. The minimum atomic E-state index is -0.544. The number of hydrogen-bond acceptors (Lipinski definition) is 4. The molecular weight excluding hydrogens is 186 g/mol. The zero-order valence-electron chi connectivity index (χ0n) is 7.64. The average Bonchev–Trinajstić information content (AvgIpc) is 2.60. The molecule has 0 amide bonds. The summed E-state index contributed by atoms with van der Waals surface area (Å²) < 4.78 is 6.07. The number of nitrogens with zero attached hydrogens (tertiary/aromatic N) is 3. The Balaban J connectivity index is 2.64. The second-order valence-corrected chi connectivity index (χ2v) is 2.40. The quantitative estimate of drug-likeness (QED) is 0.398. The van der Waals surface area contributed by atoms with Gasteiger partial charge in [-0.3, -0.25) is 0 Å². The minimum absolute atomic E-state index is 0.197. The van der Waals surface area contributed by atoms with Crippen molar-refractivity contribution in [2.75, 3.05) is 13.7 Å². The van der Waals surface area contributed by atoms with E-state index in [1.165, 1.54) is 24.1 Å². The summed E-state index contributed by atoms with van der Waals surface area (Å²) in [5, 5.41) is 10.4. The molecule has 1 heterocycles. The number of rotatable bonds is 3. The van der Waals surface area contributed by atoms with Gasteiger partial charge >= 0.3 is 5.95 Å². The highest BCUT2D eigenvalue weighted by Crippen LogP contribution is 2.05. The predicted molar refractivity (Wildman–Crippen MR) is 48.5 cm³/mol. The van der Waals surface area contributed by atoms with Crippen LogP contribution in [0.2, 0.25) is 0 Å². The molecule has 0 spiro atoms. The Kier molecular flexibility index (Phi) is 3.64. The van der Waals surface area contributed by atoms with Crippen LogP contribution < -0.4 is 0 Å². The van der Waals surface area contributed by atoms with E-state index in [9.17, 15) is 10.1 Å². The molecule has 6 heteroatoms. The van der Waals surface area contributed by atoms with Gasteiger partial charge in [-0.05, 0) is 4.92 Å².